The quantitative estimate of drug-likeness (QED) is 0.546. The van der Waals surface area contributed by atoms with Crippen LogP contribution in [0.4, 0.5) is 4.39 Å². The second-order valence-corrected chi connectivity index (χ2v) is 8.88. The van der Waals surface area contributed by atoms with E-state index in [1.807, 2.05) is 12.1 Å². The number of nitrogens with one attached hydrogen (secondary N) is 1. The third-order valence-electron chi connectivity index (χ3n) is 5.00. The first-order chi connectivity index (χ1) is 14.9. The Kier molecular flexibility index (Phi) is 6.35. The molecule has 2 aromatic rings. The van der Waals surface area contributed by atoms with E-state index in [0.29, 0.717) is 33.6 Å². The van der Waals surface area contributed by atoms with Crippen LogP contribution in [-0.4, -0.2) is 47.3 Å². The Morgan fingerprint density at radius 2 is 2.06 bits per heavy atom. The predicted molar refractivity (Wildman–Crippen MR) is 120 cm³/mol. The fourth-order valence-corrected chi connectivity index (χ4v) is 4.29. The van der Waals surface area contributed by atoms with Crippen molar-refractivity contribution in [1.29, 1.82) is 0 Å². The fraction of sp³-hybridized carbons (Fsp3) is 0.227. The van der Waals surface area contributed by atoms with Crippen LogP contribution in [0.1, 0.15) is 11.1 Å². The maximum atomic E-state index is 14.5. The number of hydrogen-bond donors (Lipinski definition) is 1. The van der Waals surface area contributed by atoms with Crippen molar-refractivity contribution in [2.24, 2.45) is 0 Å². The van der Waals surface area contributed by atoms with E-state index in [-0.39, 0.29) is 30.2 Å². The van der Waals surface area contributed by atoms with Crippen LogP contribution in [0.2, 0.25) is 0 Å². The molecule has 2 aliphatic rings. The second-order valence-electron chi connectivity index (χ2n) is 7.17. The van der Waals surface area contributed by atoms with Gasteiger partial charge in [0.15, 0.2) is 11.6 Å². The maximum Gasteiger partial charge on any atom is 0.263 e. The number of morpholine rings is 1. The van der Waals surface area contributed by atoms with Gasteiger partial charge in [0.05, 0.1) is 17.6 Å². The average Bonchev–Trinajstić information content (AvgIpc) is 3.05. The van der Waals surface area contributed by atoms with Crippen LogP contribution >= 0.6 is 24.0 Å². The maximum absolute atomic E-state index is 14.5. The van der Waals surface area contributed by atoms with Crippen molar-refractivity contribution in [1.82, 2.24) is 10.2 Å². The van der Waals surface area contributed by atoms with Crippen LogP contribution < -0.4 is 10.1 Å². The summed E-state index contributed by atoms with van der Waals surface area (Å²) in [5.41, 5.74) is 1.56. The monoisotopic (exact) mass is 458 g/mol. The number of carbonyl (C=O) groups excluding carboxylic acids is 2. The van der Waals surface area contributed by atoms with E-state index in [1.165, 1.54) is 12.1 Å². The summed E-state index contributed by atoms with van der Waals surface area (Å²) in [6.45, 7) is 0.626. The lowest BCUT2D eigenvalue weighted by atomic mass is 10.0. The Balaban J connectivity index is 1.41. The first-order valence-electron chi connectivity index (χ1n) is 9.53. The number of rotatable bonds is 5. The largest absolute Gasteiger partial charge is 0.454 e. The molecule has 2 heterocycles. The van der Waals surface area contributed by atoms with Crippen molar-refractivity contribution in [3.8, 4) is 11.5 Å². The number of carbonyl (C=O) groups is 2. The van der Waals surface area contributed by atoms with E-state index in [2.05, 4.69) is 5.32 Å². The molecule has 2 aromatic carbocycles. The number of hydrogen-bond acceptors (Lipinski definition) is 6. The highest BCUT2D eigenvalue weighted by atomic mass is 32.2. The summed E-state index contributed by atoms with van der Waals surface area (Å²) in [4.78, 5) is 25.6. The van der Waals surface area contributed by atoms with Crippen molar-refractivity contribution in [2.75, 3.05) is 20.3 Å². The van der Waals surface area contributed by atoms with Gasteiger partial charge >= 0.3 is 0 Å². The van der Waals surface area contributed by atoms with Gasteiger partial charge in [0.2, 0.25) is 5.91 Å². The van der Waals surface area contributed by atoms with Gasteiger partial charge in [-0.2, -0.15) is 0 Å². The first kappa shape index (κ1) is 21.5. The SMILES string of the molecule is CN1C(=O)COCC1Cc1ccc(Oc2ccc(C=C3SC(=S)NC3=O)cc2F)cc1. The molecule has 4 rings (SSSR count). The molecule has 2 amide bonds. The van der Waals surface area contributed by atoms with Crippen molar-refractivity contribution >= 4 is 46.2 Å². The summed E-state index contributed by atoms with van der Waals surface area (Å²) >= 11 is 6.09. The van der Waals surface area contributed by atoms with Gasteiger partial charge in [0.25, 0.3) is 5.91 Å². The first-order valence-corrected chi connectivity index (χ1v) is 10.8. The molecule has 2 fully saturated rings. The lowest BCUT2D eigenvalue weighted by molar-refractivity contribution is -0.145. The van der Waals surface area contributed by atoms with Crippen molar-refractivity contribution < 1.29 is 23.5 Å². The second kappa shape index (κ2) is 9.17. The lowest BCUT2D eigenvalue weighted by Crippen LogP contribution is -2.47. The third-order valence-corrected chi connectivity index (χ3v) is 6.16. The van der Waals surface area contributed by atoms with Gasteiger partial charge in [0.1, 0.15) is 16.7 Å². The fourth-order valence-electron chi connectivity index (χ4n) is 3.25. The van der Waals surface area contributed by atoms with Crippen molar-refractivity contribution in [3.05, 3.63) is 64.3 Å². The Bertz CT molecular complexity index is 1070. The zero-order valence-corrected chi connectivity index (χ0v) is 18.2. The van der Waals surface area contributed by atoms with E-state index in [4.69, 9.17) is 21.7 Å². The van der Waals surface area contributed by atoms with Crippen LogP contribution in [0.3, 0.4) is 0 Å². The standard InChI is InChI=1S/C22H19FN2O4S2/c1-25-15(11-28-12-20(25)26)8-13-2-5-16(6-3-13)29-18-7-4-14(9-17(18)23)10-19-21(27)24-22(30)31-19/h2-7,9-10,15H,8,11-12H2,1H3,(H,24,27,30). The van der Waals surface area contributed by atoms with Gasteiger partial charge in [-0.25, -0.2) is 4.39 Å². The Labute approximate surface area is 188 Å². The molecule has 1 N–H and O–H groups in total. The van der Waals surface area contributed by atoms with Crippen LogP contribution in [0.25, 0.3) is 6.08 Å². The van der Waals surface area contributed by atoms with Gasteiger partial charge < -0.3 is 19.7 Å². The minimum atomic E-state index is -0.538. The van der Waals surface area contributed by atoms with E-state index in [9.17, 15) is 14.0 Å². The Morgan fingerprint density at radius 1 is 1.29 bits per heavy atom. The highest BCUT2D eigenvalue weighted by Crippen LogP contribution is 2.29. The molecule has 0 spiro atoms. The third kappa shape index (κ3) is 5.12. The highest BCUT2D eigenvalue weighted by molar-refractivity contribution is 8.26. The van der Waals surface area contributed by atoms with E-state index >= 15 is 0 Å². The van der Waals surface area contributed by atoms with Gasteiger partial charge in [-0.3, -0.25) is 9.59 Å². The summed E-state index contributed by atoms with van der Waals surface area (Å²) in [5, 5.41) is 2.52. The van der Waals surface area contributed by atoms with Crippen LogP contribution in [-0.2, 0) is 20.7 Å². The summed E-state index contributed by atoms with van der Waals surface area (Å²) in [6, 6.07) is 11.8. The minimum absolute atomic E-state index is 0.0124. The number of benzene rings is 2. The van der Waals surface area contributed by atoms with Crippen molar-refractivity contribution in [2.45, 2.75) is 12.5 Å². The molecule has 9 heteroatoms. The molecule has 0 saturated carbocycles. The molecule has 1 atom stereocenters. The minimum Gasteiger partial charge on any atom is -0.454 e. The zero-order valence-electron chi connectivity index (χ0n) is 16.6. The van der Waals surface area contributed by atoms with Crippen LogP contribution in [0.15, 0.2) is 47.4 Å². The van der Waals surface area contributed by atoms with Crippen molar-refractivity contribution in [3.63, 3.8) is 0 Å². The predicted octanol–water partition coefficient (Wildman–Crippen LogP) is 3.51. The van der Waals surface area contributed by atoms with Gasteiger partial charge in [-0.05, 0) is 47.9 Å². The molecule has 0 aliphatic carbocycles. The number of thioether (sulfide) groups is 1. The zero-order chi connectivity index (χ0) is 22.0. The normalized spacial score (nSPS) is 20.3. The Hall–Kier alpha value is -2.75. The molecule has 0 aromatic heterocycles. The molecule has 160 valence electrons. The van der Waals surface area contributed by atoms with Gasteiger partial charge in [-0.1, -0.05) is 42.2 Å². The lowest BCUT2D eigenvalue weighted by Gasteiger charge is -2.32. The molecule has 2 aliphatic heterocycles. The number of amides is 2. The van der Waals surface area contributed by atoms with E-state index in [1.54, 1.807) is 36.2 Å². The number of nitrogens with zero attached hydrogens (tertiary/aromatic N) is 1. The molecule has 0 radical (unpaired) electrons. The molecule has 6 nitrogen and oxygen atoms in total. The summed E-state index contributed by atoms with van der Waals surface area (Å²) < 4.78 is 25.9. The van der Waals surface area contributed by atoms with E-state index < -0.39 is 5.82 Å². The molecule has 1 unspecified atom stereocenters. The van der Waals surface area contributed by atoms with Gasteiger partial charge in [-0.15, -0.1) is 0 Å². The number of halogens is 1. The van der Waals surface area contributed by atoms with Gasteiger partial charge in [0, 0.05) is 7.05 Å². The average molecular weight is 459 g/mol. The van der Waals surface area contributed by atoms with Crippen LogP contribution in [0.5, 0.6) is 11.5 Å². The van der Waals surface area contributed by atoms with Crippen LogP contribution in [0, 0.1) is 5.82 Å². The number of likely N-dealkylation sites (N-methyl/N-ethyl adjacent to an activating group) is 1. The molecular formula is C22H19FN2O4S2. The molecule has 0 bridgehead atoms. The summed E-state index contributed by atoms with van der Waals surface area (Å²) in [6.07, 6.45) is 2.24. The number of ether oxygens (including phenoxy) is 2. The smallest absolute Gasteiger partial charge is 0.263 e. The van der Waals surface area contributed by atoms with E-state index in [0.717, 1.165) is 17.3 Å². The summed E-state index contributed by atoms with van der Waals surface area (Å²) in [7, 11) is 1.78. The molecular weight excluding hydrogens is 439 g/mol. The number of thiocarbonyl (C=S) groups is 1. The molecule has 31 heavy (non-hydrogen) atoms. The molecule has 2 saturated heterocycles. The highest BCUT2D eigenvalue weighted by Gasteiger charge is 2.25. The summed E-state index contributed by atoms with van der Waals surface area (Å²) in [5.74, 6) is -0.273. The topological polar surface area (TPSA) is 67.9 Å². The Morgan fingerprint density at radius 3 is 2.74 bits per heavy atom.